The quantitative estimate of drug-likeness (QED) is 0.853. The second-order valence-electron chi connectivity index (χ2n) is 4.38. The minimum Gasteiger partial charge on any atom is -0.487 e. The van der Waals surface area contributed by atoms with Crippen molar-refractivity contribution >= 4 is 5.69 Å². The van der Waals surface area contributed by atoms with Crippen LogP contribution in [0.1, 0.15) is 11.1 Å². The first-order valence-electron chi connectivity index (χ1n) is 5.91. The number of rotatable bonds is 4. The van der Waals surface area contributed by atoms with Gasteiger partial charge in [0.05, 0.1) is 0 Å². The molecule has 100 valence electrons. The summed E-state index contributed by atoms with van der Waals surface area (Å²) in [5.41, 5.74) is 6.82. The number of halogens is 2. The van der Waals surface area contributed by atoms with Crippen molar-refractivity contribution in [1.82, 2.24) is 0 Å². The number of alkyl halides is 2. The number of ether oxygens (including phenoxy) is 1. The standard InChI is InChI=1S/C15H15F2NO/c1-11-7-8-13(18)9-14(11)19-10-15(16,17)12-5-3-2-4-6-12/h2-9H,10,18H2,1H3. The molecule has 2 nitrogen and oxygen atoms in total. The Labute approximate surface area is 110 Å². The van der Waals surface area contributed by atoms with Crippen LogP contribution in [-0.2, 0) is 5.92 Å². The topological polar surface area (TPSA) is 35.2 Å². The molecule has 0 saturated heterocycles. The maximum absolute atomic E-state index is 13.9. The second kappa shape index (κ2) is 5.26. The fraction of sp³-hybridized carbons (Fsp3) is 0.200. The molecule has 0 amide bonds. The van der Waals surface area contributed by atoms with E-state index >= 15 is 0 Å². The molecule has 0 unspecified atom stereocenters. The molecule has 2 aromatic carbocycles. The number of hydrogen-bond acceptors (Lipinski definition) is 2. The Morgan fingerprint density at radius 1 is 1.11 bits per heavy atom. The molecular weight excluding hydrogens is 248 g/mol. The average Bonchev–Trinajstić information content (AvgIpc) is 2.41. The number of aryl methyl sites for hydroxylation is 1. The lowest BCUT2D eigenvalue weighted by Crippen LogP contribution is -2.23. The van der Waals surface area contributed by atoms with E-state index in [4.69, 9.17) is 10.5 Å². The van der Waals surface area contributed by atoms with Crippen LogP contribution >= 0.6 is 0 Å². The van der Waals surface area contributed by atoms with Gasteiger partial charge in [0.2, 0.25) is 0 Å². The fourth-order valence-electron chi connectivity index (χ4n) is 1.71. The van der Waals surface area contributed by atoms with Crippen LogP contribution in [0.2, 0.25) is 0 Å². The lowest BCUT2D eigenvalue weighted by molar-refractivity contribution is -0.0468. The average molecular weight is 263 g/mol. The van der Waals surface area contributed by atoms with Gasteiger partial charge in [0.15, 0.2) is 6.61 Å². The van der Waals surface area contributed by atoms with Gasteiger partial charge in [0.1, 0.15) is 5.75 Å². The third-order valence-electron chi connectivity index (χ3n) is 2.82. The number of nitrogen functional groups attached to an aromatic ring is 1. The molecule has 0 fully saturated rings. The molecule has 19 heavy (non-hydrogen) atoms. The van der Waals surface area contributed by atoms with Crippen LogP contribution in [0.3, 0.4) is 0 Å². The second-order valence-corrected chi connectivity index (χ2v) is 4.38. The highest BCUT2D eigenvalue weighted by Crippen LogP contribution is 2.30. The first-order valence-corrected chi connectivity index (χ1v) is 5.91. The van der Waals surface area contributed by atoms with E-state index < -0.39 is 12.5 Å². The van der Waals surface area contributed by atoms with Crippen LogP contribution in [0, 0.1) is 6.92 Å². The van der Waals surface area contributed by atoms with Crippen LogP contribution in [0.4, 0.5) is 14.5 Å². The summed E-state index contributed by atoms with van der Waals surface area (Å²) in [5, 5.41) is 0. The minimum absolute atomic E-state index is 0.0587. The zero-order valence-electron chi connectivity index (χ0n) is 10.6. The predicted molar refractivity (Wildman–Crippen MR) is 71.4 cm³/mol. The summed E-state index contributed by atoms with van der Waals surface area (Å²) < 4.78 is 33.0. The molecule has 0 bridgehead atoms. The fourth-order valence-corrected chi connectivity index (χ4v) is 1.71. The Balaban J connectivity index is 2.12. The van der Waals surface area contributed by atoms with Crippen molar-refractivity contribution in [2.45, 2.75) is 12.8 Å². The third kappa shape index (κ3) is 3.22. The van der Waals surface area contributed by atoms with Crippen molar-refractivity contribution in [3.8, 4) is 5.75 Å². The maximum Gasteiger partial charge on any atom is 0.306 e. The summed E-state index contributed by atoms with van der Waals surface area (Å²) in [6, 6.07) is 12.6. The summed E-state index contributed by atoms with van der Waals surface area (Å²) in [4.78, 5) is 0. The van der Waals surface area contributed by atoms with E-state index in [1.54, 1.807) is 43.3 Å². The van der Waals surface area contributed by atoms with E-state index in [9.17, 15) is 8.78 Å². The van der Waals surface area contributed by atoms with Crippen LogP contribution in [-0.4, -0.2) is 6.61 Å². The Morgan fingerprint density at radius 2 is 1.79 bits per heavy atom. The van der Waals surface area contributed by atoms with Gasteiger partial charge in [-0.25, -0.2) is 0 Å². The van der Waals surface area contributed by atoms with Crippen molar-refractivity contribution in [3.05, 3.63) is 59.7 Å². The maximum atomic E-state index is 13.9. The summed E-state index contributed by atoms with van der Waals surface area (Å²) in [7, 11) is 0. The van der Waals surface area contributed by atoms with Crippen LogP contribution < -0.4 is 10.5 Å². The highest BCUT2D eigenvalue weighted by molar-refractivity contribution is 5.48. The Bertz CT molecular complexity index is 555. The van der Waals surface area contributed by atoms with Crippen molar-refractivity contribution in [2.75, 3.05) is 12.3 Å². The van der Waals surface area contributed by atoms with Gasteiger partial charge in [-0.15, -0.1) is 0 Å². The molecule has 0 aliphatic carbocycles. The van der Waals surface area contributed by atoms with Gasteiger partial charge in [-0.1, -0.05) is 36.4 Å². The highest BCUT2D eigenvalue weighted by Gasteiger charge is 2.32. The minimum atomic E-state index is -3.03. The lowest BCUT2D eigenvalue weighted by atomic mass is 10.1. The molecule has 4 heteroatoms. The molecular formula is C15H15F2NO. The monoisotopic (exact) mass is 263 g/mol. The van der Waals surface area contributed by atoms with Crippen molar-refractivity contribution < 1.29 is 13.5 Å². The highest BCUT2D eigenvalue weighted by atomic mass is 19.3. The SMILES string of the molecule is Cc1ccc(N)cc1OCC(F)(F)c1ccccc1. The van der Waals surface area contributed by atoms with E-state index in [2.05, 4.69) is 0 Å². The summed E-state index contributed by atoms with van der Waals surface area (Å²) in [6.07, 6.45) is 0. The van der Waals surface area contributed by atoms with Crippen molar-refractivity contribution in [2.24, 2.45) is 0 Å². The van der Waals surface area contributed by atoms with Crippen LogP contribution in [0.15, 0.2) is 48.5 Å². The van der Waals surface area contributed by atoms with Gasteiger partial charge in [-0.3, -0.25) is 0 Å². The molecule has 0 saturated carbocycles. The zero-order chi connectivity index (χ0) is 13.9. The smallest absolute Gasteiger partial charge is 0.306 e. The van der Waals surface area contributed by atoms with E-state index in [1.165, 1.54) is 12.1 Å². The number of nitrogens with two attached hydrogens (primary N) is 1. The van der Waals surface area contributed by atoms with E-state index in [0.717, 1.165) is 5.56 Å². The molecule has 2 rings (SSSR count). The van der Waals surface area contributed by atoms with Crippen LogP contribution in [0.5, 0.6) is 5.75 Å². The van der Waals surface area contributed by atoms with E-state index in [0.29, 0.717) is 11.4 Å². The first-order chi connectivity index (χ1) is 8.99. The van der Waals surface area contributed by atoms with E-state index in [1.807, 2.05) is 0 Å². The third-order valence-corrected chi connectivity index (χ3v) is 2.82. The van der Waals surface area contributed by atoms with Gasteiger partial charge < -0.3 is 10.5 Å². The van der Waals surface area contributed by atoms with Gasteiger partial charge in [0, 0.05) is 17.3 Å². The van der Waals surface area contributed by atoms with Crippen molar-refractivity contribution in [3.63, 3.8) is 0 Å². The van der Waals surface area contributed by atoms with Crippen molar-refractivity contribution in [1.29, 1.82) is 0 Å². The molecule has 0 aliphatic heterocycles. The normalized spacial score (nSPS) is 11.3. The number of hydrogen-bond donors (Lipinski definition) is 1. The Morgan fingerprint density at radius 3 is 2.47 bits per heavy atom. The number of anilines is 1. The van der Waals surface area contributed by atoms with Gasteiger partial charge in [-0.05, 0) is 18.6 Å². The van der Waals surface area contributed by atoms with Gasteiger partial charge in [-0.2, -0.15) is 8.78 Å². The van der Waals surface area contributed by atoms with E-state index in [-0.39, 0.29) is 5.56 Å². The lowest BCUT2D eigenvalue weighted by Gasteiger charge is -2.18. The van der Waals surface area contributed by atoms with Gasteiger partial charge >= 0.3 is 5.92 Å². The summed E-state index contributed by atoms with van der Waals surface area (Å²) in [5.74, 6) is -2.64. The molecule has 2 aromatic rings. The molecule has 0 spiro atoms. The Kier molecular flexibility index (Phi) is 3.69. The Hall–Kier alpha value is -2.10. The molecule has 0 aromatic heterocycles. The molecule has 2 N–H and O–H groups in total. The predicted octanol–water partition coefficient (Wildman–Crippen LogP) is 3.75. The summed E-state index contributed by atoms with van der Waals surface area (Å²) in [6.45, 7) is 1.08. The summed E-state index contributed by atoms with van der Waals surface area (Å²) >= 11 is 0. The van der Waals surface area contributed by atoms with Crippen LogP contribution in [0.25, 0.3) is 0 Å². The molecule has 0 radical (unpaired) electrons. The number of benzene rings is 2. The van der Waals surface area contributed by atoms with Gasteiger partial charge in [0.25, 0.3) is 0 Å². The largest absolute Gasteiger partial charge is 0.487 e. The first kappa shape index (κ1) is 13.3. The molecule has 0 aliphatic rings. The molecule has 0 heterocycles. The molecule has 0 atom stereocenters. The zero-order valence-corrected chi connectivity index (χ0v) is 10.6.